The van der Waals surface area contributed by atoms with Gasteiger partial charge in [-0.3, -0.25) is 0 Å². The normalized spacial score (nSPS) is 11.6. The van der Waals surface area contributed by atoms with Gasteiger partial charge in [-0.2, -0.15) is 0 Å². The lowest BCUT2D eigenvalue weighted by Gasteiger charge is -2.04. The van der Waals surface area contributed by atoms with E-state index in [4.69, 9.17) is 16.3 Å². The zero-order valence-electron chi connectivity index (χ0n) is 9.59. The number of aryl methyl sites for hydroxylation is 1. The molecular weight excluding hydrogens is 238 g/mol. The summed E-state index contributed by atoms with van der Waals surface area (Å²) in [6.07, 6.45) is 3.53. The quantitative estimate of drug-likeness (QED) is 0.607. The molecule has 0 amide bonds. The van der Waals surface area contributed by atoms with E-state index >= 15 is 0 Å². The molecule has 0 aliphatic carbocycles. The average molecular weight is 250 g/mol. The van der Waals surface area contributed by atoms with Crippen molar-refractivity contribution in [3.63, 3.8) is 0 Å². The summed E-state index contributed by atoms with van der Waals surface area (Å²) in [5.74, 6) is 1.13. The number of rotatable bonds is 2. The van der Waals surface area contributed by atoms with Gasteiger partial charge in [0, 0.05) is 24.5 Å². The Labute approximate surface area is 105 Å². The molecule has 0 aliphatic rings. The van der Waals surface area contributed by atoms with Crippen molar-refractivity contribution >= 4 is 23.2 Å². The summed E-state index contributed by atoms with van der Waals surface area (Å²) in [4.78, 5) is 8.55. The monoisotopic (exact) mass is 249 g/mol. The smallest absolute Gasteiger partial charge is 0.258 e. The van der Waals surface area contributed by atoms with Crippen molar-refractivity contribution in [2.45, 2.75) is 0 Å². The van der Waals surface area contributed by atoms with Gasteiger partial charge >= 0.3 is 0 Å². The highest BCUT2D eigenvalue weighted by molar-refractivity contribution is 6.30. The molecule has 0 radical (unpaired) electrons. The Morgan fingerprint density at radius 2 is 2.29 bits per heavy atom. The predicted octanol–water partition coefficient (Wildman–Crippen LogP) is 2.80. The van der Waals surface area contributed by atoms with E-state index in [-0.39, 0.29) is 0 Å². The molecule has 0 saturated heterocycles. The SMILES string of the molecule is COC(=Nc1cccc(Cl)c1)c1nccn1C. The molecule has 0 unspecified atom stereocenters. The molecule has 1 aromatic carbocycles. The van der Waals surface area contributed by atoms with Gasteiger partial charge in [0.15, 0.2) is 5.82 Å². The van der Waals surface area contributed by atoms with Crippen LogP contribution in [-0.4, -0.2) is 22.6 Å². The maximum Gasteiger partial charge on any atom is 0.258 e. The van der Waals surface area contributed by atoms with Gasteiger partial charge in [-0.25, -0.2) is 9.98 Å². The third-order valence-electron chi connectivity index (χ3n) is 2.24. The Balaban J connectivity index is 2.40. The van der Waals surface area contributed by atoms with Gasteiger partial charge in [-0.1, -0.05) is 17.7 Å². The minimum Gasteiger partial charge on any atom is -0.478 e. The third kappa shape index (κ3) is 2.65. The standard InChI is InChI=1S/C12H12ClN3O/c1-16-7-6-14-11(16)12(17-2)15-10-5-3-4-9(13)8-10/h3-8H,1-2H3. The predicted molar refractivity (Wildman–Crippen MR) is 67.9 cm³/mol. The van der Waals surface area contributed by atoms with Crippen LogP contribution >= 0.6 is 11.6 Å². The third-order valence-corrected chi connectivity index (χ3v) is 2.48. The number of hydrogen-bond donors (Lipinski definition) is 0. The number of methoxy groups -OCH3 is 1. The minimum absolute atomic E-state index is 0.458. The van der Waals surface area contributed by atoms with Crippen molar-refractivity contribution in [3.05, 3.63) is 47.5 Å². The molecule has 0 fully saturated rings. The van der Waals surface area contributed by atoms with Crippen LogP contribution in [0.1, 0.15) is 5.82 Å². The molecule has 4 nitrogen and oxygen atoms in total. The van der Waals surface area contributed by atoms with Gasteiger partial charge < -0.3 is 9.30 Å². The summed E-state index contributed by atoms with van der Waals surface area (Å²) in [5, 5.41) is 0.640. The average Bonchev–Trinajstić information content (AvgIpc) is 2.72. The Morgan fingerprint density at radius 3 is 2.88 bits per heavy atom. The topological polar surface area (TPSA) is 39.4 Å². The van der Waals surface area contributed by atoms with Crippen LogP contribution in [0.3, 0.4) is 0 Å². The molecule has 0 N–H and O–H groups in total. The Bertz CT molecular complexity index is 548. The maximum atomic E-state index is 5.90. The van der Waals surface area contributed by atoms with Crippen molar-refractivity contribution in [1.29, 1.82) is 0 Å². The molecule has 2 aromatic rings. The Kier molecular flexibility index (Phi) is 3.44. The first-order chi connectivity index (χ1) is 8.20. The highest BCUT2D eigenvalue weighted by Crippen LogP contribution is 2.19. The van der Waals surface area contributed by atoms with Crippen LogP contribution in [0.4, 0.5) is 5.69 Å². The van der Waals surface area contributed by atoms with Crippen LogP contribution in [0.25, 0.3) is 0 Å². The molecule has 0 saturated carbocycles. The first-order valence-electron chi connectivity index (χ1n) is 5.06. The second-order valence-electron chi connectivity index (χ2n) is 3.46. The summed E-state index contributed by atoms with van der Waals surface area (Å²) in [6.45, 7) is 0. The summed E-state index contributed by atoms with van der Waals surface area (Å²) in [7, 11) is 3.45. The van der Waals surface area contributed by atoms with Crippen LogP contribution < -0.4 is 0 Å². The van der Waals surface area contributed by atoms with E-state index in [0.717, 1.165) is 5.69 Å². The van der Waals surface area contributed by atoms with Gasteiger partial charge in [0.05, 0.1) is 12.8 Å². The Morgan fingerprint density at radius 1 is 1.47 bits per heavy atom. The number of imidazole rings is 1. The number of ether oxygens (including phenoxy) is 1. The van der Waals surface area contributed by atoms with E-state index in [1.807, 2.05) is 29.9 Å². The van der Waals surface area contributed by atoms with Crippen LogP contribution in [0, 0.1) is 0 Å². The second-order valence-corrected chi connectivity index (χ2v) is 3.90. The van der Waals surface area contributed by atoms with E-state index in [1.165, 1.54) is 0 Å². The lowest BCUT2D eigenvalue weighted by atomic mass is 10.3. The van der Waals surface area contributed by atoms with Gasteiger partial charge in [-0.05, 0) is 18.2 Å². The fourth-order valence-electron chi connectivity index (χ4n) is 1.42. The highest BCUT2D eigenvalue weighted by atomic mass is 35.5. The van der Waals surface area contributed by atoms with Crippen LogP contribution in [0.2, 0.25) is 5.02 Å². The first-order valence-corrected chi connectivity index (χ1v) is 5.44. The summed E-state index contributed by atoms with van der Waals surface area (Å²) in [6, 6.07) is 7.26. The van der Waals surface area contributed by atoms with E-state index in [2.05, 4.69) is 9.98 Å². The summed E-state index contributed by atoms with van der Waals surface area (Å²) < 4.78 is 7.08. The van der Waals surface area contributed by atoms with Crippen LogP contribution in [-0.2, 0) is 11.8 Å². The Hall–Kier alpha value is -1.81. The summed E-state index contributed by atoms with van der Waals surface area (Å²) in [5.41, 5.74) is 0.734. The number of benzene rings is 1. The molecule has 5 heteroatoms. The van der Waals surface area contributed by atoms with Gasteiger partial charge in [0.1, 0.15) is 0 Å². The molecular formula is C12H12ClN3O. The van der Waals surface area contributed by atoms with Gasteiger partial charge in [-0.15, -0.1) is 0 Å². The van der Waals surface area contributed by atoms with Gasteiger partial charge in [0.2, 0.25) is 0 Å². The lowest BCUT2D eigenvalue weighted by molar-refractivity contribution is 0.400. The second kappa shape index (κ2) is 5.01. The molecule has 0 spiro atoms. The molecule has 2 rings (SSSR count). The van der Waals surface area contributed by atoms with E-state index in [0.29, 0.717) is 16.7 Å². The van der Waals surface area contributed by atoms with Crippen molar-refractivity contribution in [1.82, 2.24) is 9.55 Å². The molecule has 0 bridgehead atoms. The number of nitrogens with zero attached hydrogens (tertiary/aromatic N) is 3. The zero-order chi connectivity index (χ0) is 12.3. The van der Waals surface area contributed by atoms with Crippen LogP contribution in [0.15, 0.2) is 41.7 Å². The number of aromatic nitrogens is 2. The fraction of sp³-hybridized carbons (Fsp3) is 0.167. The van der Waals surface area contributed by atoms with Crippen molar-refractivity contribution in [2.24, 2.45) is 12.0 Å². The largest absolute Gasteiger partial charge is 0.478 e. The fourth-order valence-corrected chi connectivity index (χ4v) is 1.61. The first kappa shape index (κ1) is 11.7. The summed E-state index contributed by atoms with van der Waals surface area (Å²) >= 11 is 5.90. The number of aliphatic imine (C=N–C) groups is 1. The van der Waals surface area contributed by atoms with E-state index < -0.39 is 0 Å². The number of halogens is 1. The molecule has 0 aliphatic heterocycles. The zero-order valence-corrected chi connectivity index (χ0v) is 10.3. The molecule has 17 heavy (non-hydrogen) atoms. The molecule has 88 valence electrons. The lowest BCUT2D eigenvalue weighted by Crippen LogP contribution is -2.10. The minimum atomic E-state index is 0.458. The molecule has 1 heterocycles. The highest BCUT2D eigenvalue weighted by Gasteiger charge is 2.09. The van der Waals surface area contributed by atoms with Crippen molar-refractivity contribution < 1.29 is 4.74 Å². The van der Waals surface area contributed by atoms with Crippen LogP contribution in [0.5, 0.6) is 0 Å². The van der Waals surface area contributed by atoms with E-state index in [1.54, 1.807) is 25.4 Å². The van der Waals surface area contributed by atoms with E-state index in [9.17, 15) is 0 Å². The van der Waals surface area contributed by atoms with Crippen molar-refractivity contribution in [3.8, 4) is 0 Å². The van der Waals surface area contributed by atoms with Crippen molar-refractivity contribution in [2.75, 3.05) is 7.11 Å². The molecule has 0 atom stereocenters. The molecule has 1 aromatic heterocycles. The maximum absolute atomic E-state index is 5.90. The van der Waals surface area contributed by atoms with Gasteiger partial charge in [0.25, 0.3) is 5.90 Å². The number of hydrogen-bond acceptors (Lipinski definition) is 3.